The summed E-state index contributed by atoms with van der Waals surface area (Å²) in [6.45, 7) is 2.32. The Morgan fingerprint density at radius 2 is 1.96 bits per heavy atom. The van der Waals surface area contributed by atoms with Crippen LogP contribution >= 0.6 is 23.2 Å². The normalized spacial score (nSPS) is 11.9. The highest BCUT2D eigenvalue weighted by Gasteiger charge is 2.23. The molecule has 0 spiro atoms. The lowest BCUT2D eigenvalue weighted by Gasteiger charge is -2.14. The van der Waals surface area contributed by atoms with Crippen molar-refractivity contribution in [3.05, 3.63) is 45.3 Å². The van der Waals surface area contributed by atoms with Crippen molar-refractivity contribution >= 4 is 40.8 Å². The van der Waals surface area contributed by atoms with Crippen molar-refractivity contribution in [3.63, 3.8) is 0 Å². The third-order valence-corrected chi connectivity index (χ3v) is 3.98. The second kappa shape index (κ2) is 7.33. The molecule has 2 rings (SSSR count). The van der Waals surface area contributed by atoms with Gasteiger partial charge < -0.3 is 10.4 Å². The van der Waals surface area contributed by atoms with Crippen LogP contribution in [0.25, 0.3) is 11.3 Å². The number of hydrogen-bond donors (Lipinski definition) is 2. The highest BCUT2D eigenvalue weighted by molar-refractivity contribution is 6.36. The number of carboxylic acid groups (broad SMARTS) is 1. The Hall–Kier alpha value is -2.25. The summed E-state index contributed by atoms with van der Waals surface area (Å²) in [5.74, 6) is -2.95. The van der Waals surface area contributed by atoms with E-state index in [2.05, 4.69) is 10.3 Å². The monoisotopic (exact) mass is 388 g/mol. The van der Waals surface area contributed by atoms with Crippen molar-refractivity contribution < 1.29 is 23.5 Å². The summed E-state index contributed by atoms with van der Waals surface area (Å²) in [5, 5.41) is 11.2. The number of aromatic carboxylic acids is 1. The number of alkyl halides is 1. The van der Waals surface area contributed by atoms with Gasteiger partial charge in [0.15, 0.2) is 5.69 Å². The zero-order valence-corrected chi connectivity index (χ0v) is 14.5. The fourth-order valence-corrected chi connectivity index (χ4v) is 2.74. The molecule has 0 fully saturated rings. The van der Waals surface area contributed by atoms with E-state index in [9.17, 15) is 23.5 Å². The molecule has 9 heteroatoms. The molecule has 132 valence electrons. The third kappa shape index (κ3) is 3.88. The van der Waals surface area contributed by atoms with Crippen LogP contribution in [0, 0.1) is 5.82 Å². The molecular formula is C16H12Cl2F2N2O3. The van der Waals surface area contributed by atoms with E-state index in [1.54, 1.807) is 0 Å². The molecule has 0 radical (unpaired) electrons. The molecule has 1 unspecified atom stereocenters. The van der Waals surface area contributed by atoms with E-state index in [0.29, 0.717) is 0 Å². The number of amides is 1. The number of carbonyl (C=O) groups is 2. The van der Waals surface area contributed by atoms with Gasteiger partial charge in [-0.05, 0) is 25.1 Å². The fraction of sp³-hybridized carbons (Fsp3) is 0.188. The second-order valence-electron chi connectivity index (χ2n) is 5.14. The molecule has 25 heavy (non-hydrogen) atoms. The van der Waals surface area contributed by atoms with Crippen molar-refractivity contribution in [2.24, 2.45) is 0 Å². The SMILES string of the molecule is CC(=O)Nc1cc(-c2ccc(Cl)c(C(C)F)c2F)nc(C(=O)O)c1Cl. The standard InChI is InChI=1S/C16H12Cl2F2N2O3/c1-6(19)12-9(17)4-3-8(14(12)20)10-5-11(21-7(2)23)13(18)15(22-10)16(24)25/h3-6H,1-2H3,(H,24,25)(H,21,22,23). The van der Waals surface area contributed by atoms with Gasteiger partial charge in [0.1, 0.15) is 12.0 Å². The minimum absolute atomic E-state index is 0.0548. The van der Waals surface area contributed by atoms with Crippen LogP contribution in [0.4, 0.5) is 14.5 Å². The molecular weight excluding hydrogens is 377 g/mol. The number of nitrogens with one attached hydrogen (secondary N) is 1. The van der Waals surface area contributed by atoms with E-state index in [4.69, 9.17) is 23.2 Å². The molecule has 2 aromatic rings. The lowest BCUT2D eigenvalue weighted by molar-refractivity contribution is -0.114. The molecule has 5 nitrogen and oxygen atoms in total. The van der Waals surface area contributed by atoms with E-state index in [1.807, 2.05) is 0 Å². The molecule has 1 aromatic carbocycles. The lowest BCUT2D eigenvalue weighted by atomic mass is 10.0. The maximum Gasteiger partial charge on any atom is 0.356 e. The van der Waals surface area contributed by atoms with Crippen LogP contribution in [0.1, 0.15) is 36.1 Å². The molecule has 0 aliphatic heterocycles. The number of halogens is 4. The van der Waals surface area contributed by atoms with Crippen LogP contribution in [-0.4, -0.2) is 22.0 Å². The van der Waals surface area contributed by atoms with E-state index < -0.39 is 29.6 Å². The number of carbonyl (C=O) groups excluding carboxylic acids is 1. The summed E-state index contributed by atoms with van der Waals surface area (Å²) in [6.07, 6.45) is -1.69. The van der Waals surface area contributed by atoms with Gasteiger partial charge in [-0.1, -0.05) is 23.2 Å². The third-order valence-electron chi connectivity index (χ3n) is 3.27. The van der Waals surface area contributed by atoms with Gasteiger partial charge in [0.25, 0.3) is 0 Å². The Bertz CT molecular complexity index is 873. The summed E-state index contributed by atoms with van der Waals surface area (Å²) in [4.78, 5) is 26.4. The quantitative estimate of drug-likeness (QED) is 0.781. The van der Waals surface area contributed by atoms with Gasteiger partial charge in [-0.25, -0.2) is 18.6 Å². The number of anilines is 1. The molecule has 0 bridgehead atoms. The zero-order valence-electron chi connectivity index (χ0n) is 13.0. The van der Waals surface area contributed by atoms with Gasteiger partial charge in [0.05, 0.1) is 16.4 Å². The Morgan fingerprint density at radius 1 is 1.32 bits per heavy atom. The molecule has 2 N–H and O–H groups in total. The molecule has 1 heterocycles. The van der Waals surface area contributed by atoms with Crippen LogP contribution in [0.15, 0.2) is 18.2 Å². The summed E-state index contributed by atoms with van der Waals surface area (Å²) < 4.78 is 28.3. The molecule has 1 amide bonds. The molecule has 1 atom stereocenters. The van der Waals surface area contributed by atoms with Gasteiger partial charge in [0.2, 0.25) is 5.91 Å². The summed E-state index contributed by atoms with van der Waals surface area (Å²) in [7, 11) is 0. The van der Waals surface area contributed by atoms with E-state index in [0.717, 1.165) is 6.92 Å². The molecule has 0 saturated heterocycles. The smallest absolute Gasteiger partial charge is 0.356 e. The zero-order chi connectivity index (χ0) is 18.9. The van der Waals surface area contributed by atoms with Crippen LogP contribution in [0.2, 0.25) is 10.0 Å². The Balaban J connectivity index is 2.75. The molecule has 0 saturated carbocycles. The molecule has 0 aliphatic rings. The first kappa shape index (κ1) is 19.1. The number of carboxylic acids is 1. The number of pyridine rings is 1. The van der Waals surface area contributed by atoms with E-state index in [-0.39, 0.29) is 32.6 Å². The predicted molar refractivity (Wildman–Crippen MR) is 90.4 cm³/mol. The molecule has 0 aliphatic carbocycles. The Morgan fingerprint density at radius 3 is 2.48 bits per heavy atom. The van der Waals surface area contributed by atoms with E-state index >= 15 is 0 Å². The fourth-order valence-electron chi connectivity index (χ4n) is 2.22. The number of aromatic nitrogens is 1. The van der Waals surface area contributed by atoms with Gasteiger partial charge in [0, 0.05) is 23.1 Å². The van der Waals surface area contributed by atoms with Gasteiger partial charge in [-0.15, -0.1) is 0 Å². The van der Waals surface area contributed by atoms with Crippen molar-refractivity contribution in [1.82, 2.24) is 4.98 Å². The van der Waals surface area contributed by atoms with Crippen molar-refractivity contribution in [2.45, 2.75) is 20.0 Å². The minimum atomic E-state index is -1.69. The summed E-state index contributed by atoms with van der Waals surface area (Å²) in [5.41, 5.74) is -1.31. The lowest BCUT2D eigenvalue weighted by Crippen LogP contribution is -2.11. The summed E-state index contributed by atoms with van der Waals surface area (Å²) >= 11 is 11.7. The topological polar surface area (TPSA) is 79.3 Å². The number of nitrogens with zero attached hydrogens (tertiary/aromatic N) is 1. The first-order valence-electron chi connectivity index (χ1n) is 6.97. The van der Waals surface area contributed by atoms with Crippen LogP contribution < -0.4 is 5.32 Å². The first-order valence-corrected chi connectivity index (χ1v) is 7.72. The van der Waals surface area contributed by atoms with Crippen molar-refractivity contribution in [2.75, 3.05) is 5.32 Å². The molecule has 1 aromatic heterocycles. The van der Waals surface area contributed by atoms with Crippen LogP contribution in [0.5, 0.6) is 0 Å². The highest BCUT2D eigenvalue weighted by Crippen LogP contribution is 2.36. The average molecular weight is 389 g/mol. The van der Waals surface area contributed by atoms with Crippen molar-refractivity contribution in [3.8, 4) is 11.3 Å². The summed E-state index contributed by atoms with van der Waals surface area (Å²) in [6, 6.07) is 3.72. The Kier molecular flexibility index (Phi) is 5.59. The van der Waals surface area contributed by atoms with E-state index in [1.165, 1.54) is 25.1 Å². The number of rotatable bonds is 4. The van der Waals surface area contributed by atoms with Gasteiger partial charge in [-0.2, -0.15) is 0 Å². The highest BCUT2D eigenvalue weighted by atomic mass is 35.5. The van der Waals surface area contributed by atoms with Crippen LogP contribution in [0.3, 0.4) is 0 Å². The number of benzene rings is 1. The minimum Gasteiger partial charge on any atom is -0.476 e. The largest absolute Gasteiger partial charge is 0.476 e. The van der Waals surface area contributed by atoms with Gasteiger partial charge in [-0.3, -0.25) is 4.79 Å². The van der Waals surface area contributed by atoms with Gasteiger partial charge >= 0.3 is 5.97 Å². The maximum absolute atomic E-state index is 14.7. The predicted octanol–water partition coefficient (Wildman–Crippen LogP) is 4.88. The second-order valence-corrected chi connectivity index (χ2v) is 5.93. The Labute approximate surface area is 151 Å². The first-order chi connectivity index (χ1) is 11.6. The maximum atomic E-state index is 14.7. The number of hydrogen-bond acceptors (Lipinski definition) is 3. The average Bonchev–Trinajstić information content (AvgIpc) is 2.48. The van der Waals surface area contributed by atoms with Crippen molar-refractivity contribution in [1.29, 1.82) is 0 Å². The van der Waals surface area contributed by atoms with Crippen LogP contribution in [-0.2, 0) is 4.79 Å².